The van der Waals surface area contributed by atoms with Crippen molar-refractivity contribution < 1.29 is 17.0 Å². The predicted molar refractivity (Wildman–Crippen MR) is 68.1 cm³/mol. The molecule has 0 unspecified atom stereocenters. The zero-order chi connectivity index (χ0) is 13.6. The lowest BCUT2D eigenvalue weighted by molar-refractivity contribution is -0.603. The van der Waals surface area contributed by atoms with Crippen LogP contribution in [0.1, 0.15) is 0 Å². The van der Waals surface area contributed by atoms with Crippen molar-refractivity contribution >= 4 is 11.2 Å². The Morgan fingerprint density at radius 1 is 1.10 bits per heavy atom. The fourth-order valence-electron chi connectivity index (χ4n) is 1.98. The van der Waals surface area contributed by atoms with Crippen LogP contribution in [-0.2, 0) is 14.1 Å². The van der Waals surface area contributed by atoms with Gasteiger partial charge >= 0.3 is 11.6 Å². The van der Waals surface area contributed by atoms with Gasteiger partial charge in [-0.3, -0.25) is 13.9 Å². The van der Waals surface area contributed by atoms with Crippen LogP contribution >= 0.6 is 0 Å². The Bertz CT molecular complexity index is 878. The Hall–Kier alpha value is -2.41. The number of nitrogens with zero attached hydrogens (tertiary/aromatic N) is 4. The van der Waals surface area contributed by atoms with E-state index in [1.807, 2.05) is 18.2 Å². The number of fused-ring (bicyclic) bond motifs is 1. The van der Waals surface area contributed by atoms with Crippen LogP contribution < -0.4 is 28.2 Å². The Morgan fingerprint density at radius 2 is 1.75 bits per heavy atom. The maximum absolute atomic E-state index is 12.0. The van der Waals surface area contributed by atoms with Gasteiger partial charge in [-0.05, 0) is 17.1 Å². The third-order valence-corrected chi connectivity index (χ3v) is 3.04. The molecular formula is C12H12ClN5O2. The zero-order valence-corrected chi connectivity index (χ0v) is 11.6. The first-order chi connectivity index (χ1) is 9.09. The summed E-state index contributed by atoms with van der Waals surface area (Å²) in [5, 5.41) is 0. The summed E-state index contributed by atoms with van der Waals surface area (Å²) in [4.78, 5) is 31.1. The van der Waals surface area contributed by atoms with Gasteiger partial charge in [-0.1, -0.05) is 6.07 Å². The van der Waals surface area contributed by atoms with Gasteiger partial charge in [-0.25, -0.2) is 14.3 Å². The van der Waals surface area contributed by atoms with Gasteiger partial charge in [-0.15, -0.1) is 0 Å². The SMILES string of the molecule is Cn1c(=O)c2[nH]c(-[n+]3ccccc3)nc2n(C)c1=O.[Cl-]. The lowest BCUT2D eigenvalue weighted by Gasteiger charge is -1.98. The Morgan fingerprint density at radius 3 is 2.40 bits per heavy atom. The van der Waals surface area contributed by atoms with E-state index in [0.717, 1.165) is 4.57 Å². The van der Waals surface area contributed by atoms with Crippen LogP contribution in [0.4, 0.5) is 0 Å². The molecule has 8 heteroatoms. The van der Waals surface area contributed by atoms with E-state index >= 15 is 0 Å². The predicted octanol–water partition coefficient (Wildman–Crippen LogP) is -3.76. The smallest absolute Gasteiger partial charge is 0.403 e. The number of rotatable bonds is 1. The highest BCUT2D eigenvalue weighted by atomic mass is 35.5. The number of aromatic amines is 1. The van der Waals surface area contributed by atoms with E-state index in [2.05, 4.69) is 9.97 Å². The van der Waals surface area contributed by atoms with Gasteiger partial charge in [0.2, 0.25) is 5.52 Å². The van der Waals surface area contributed by atoms with E-state index in [0.29, 0.717) is 17.1 Å². The summed E-state index contributed by atoms with van der Waals surface area (Å²) >= 11 is 0. The van der Waals surface area contributed by atoms with Crippen molar-refractivity contribution in [2.45, 2.75) is 0 Å². The van der Waals surface area contributed by atoms with E-state index in [-0.39, 0.29) is 18.0 Å². The number of pyridine rings is 1. The van der Waals surface area contributed by atoms with E-state index < -0.39 is 5.69 Å². The molecule has 0 radical (unpaired) electrons. The molecule has 3 heterocycles. The van der Waals surface area contributed by atoms with Crippen LogP contribution in [0.3, 0.4) is 0 Å². The van der Waals surface area contributed by atoms with Crippen molar-refractivity contribution in [3.63, 3.8) is 0 Å². The van der Waals surface area contributed by atoms with Gasteiger partial charge in [0, 0.05) is 14.1 Å². The minimum absolute atomic E-state index is 0. The second-order valence-electron chi connectivity index (χ2n) is 4.25. The molecule has 20 heavy (non-hydrogen) atoms. The van der Waals surface area contributed by atoms with Crippen molar-refractivity contribution in [3.05, 3.63) is 51.4 Å². The second kappa shape index (κ2) is 4.93. The van der Waals surface area contributed by atoms with Gasteiger partial charge in [-0.2, -0.15) is 0 Å². The van der Waals surface area contributed by atoms with Gasteiger partial charge in [0.25, 0.3) is 11.2 Å². The van der Waals surface area contributed by atoms with Crippen molar-refractivity contribution in [1.82, 2.24) is 19.1 Å². The zero-order valence-electron chi connectivity index (χ0n) is 10.9. The van der Waals surface area contributed by atoms with Crippen molar-refractivity contribution in [2.75, 3.05) is 0 Å². The van der Waals surface area contributed by atoms with E-state index in [1.54, 1.807) is 24.0 Å². The van der Waals surface area contributed by atoms with Gasteiger partial charge in [0.15, 0.2) is 0 Å². The molecule has 0 aliphatic carbocycles. The normalized spacial score (nSPS) is 10.5. The number of hydrogen-bond donors (Lipinski definition) is 1. The number of aromatic nitrogens is 5. The molecule has 3 aromatic rings. The fraction of sp³-hybridized carbons (Fsp3) is 0.167. The van der Waals surface area contributed by atoms with Crippen molar-refractivity contribution in [1.29, 1.82) is 0 Å². The molecule has 3 rings (SSSR count). The lowest BCUT2D eigenvalue weighted by Crippen LogP contribution is -3.00. The molecule has 0 aliphatic heterocycles. The molecule has 3 aromatic heterocycles. The highest BCUT2D eigenvalue weighted by molar-refractivity contribution is 5.70. The molecule has 0 bridgehead atoms. The van der Waals surface area contributed by atoms with Crippen molar-refractivity contribution in [3.8, 4) is 5.95 Å². The summed E-state index contributed by atoms with van der Waals surface area (Å²) in [5.41, 5.74) is -0.114. The lowest BCUT2D eigenvalue weighted by atomic mass is 10.5. The molecule has 0 aliphatic rings. The summed E-state index contributed by atoms with van der Waals surface area (Å²) in [6, 6.07) is 5.59. The molecule has 0 saturated heterocycles. The third kappa shape index (κ3) is 1.92. The number of H-pyrrole nitrogens is 1. The first-order valence-electron chi connectivity index (χ1n) is 5.72. The molecule has 0 fully saturated rings. The molecule has 0 aromatic carbocycles. The molecule has 0 amide bonds. The Labute approximate surface area is 119 Å². The summed E-state index contributed by atoms with van der Waals surface area (Å²) in [6.45, 7) is 0. The van der Waals surface area contributed by atoms with Gasteiger partial charge in [0.05, 0.1) is 12.4 Å². The van der Waals surface area contributed by atoms with Gasteiger partial charge in [0.1, 0.15) is 0 Å². The van der Waals surface area contributed by atoms with Gasteiger partial charge < -0.3 is 12.4 Å². The highest BCUT2D eigenvalue weighted by Crippen LogP contribution is 2.03. The number of imidazole rings is 1. The maximum atomic E-state index is 12.0. The molecular weight excluding hydrogens is 282 g/mol. The van der Waals surface area contributed by atoms with E-state index in [9.17, 15) is 9.59 Å². The van der Waals surface area contributed by atoms with E-state index in [4.69, 9.17) is 0 Å². The first-order valence-corrected chi connectivity index (χ1v) is 5.72. The average Bonchev–Trinajstić information content (AvgIpc) is 2.89. The Balaban J connectivity index is 0.00000147. The first kappa shape index (κ1) is 14.0. The summed E-state index contributed by atoms with van der Waals surface area (Å²) in [7, 11) is 3.03. The number of halogens is 1. The van der Waals surface area contributed by atoms with Crippen LogP contribution in [0.2, 0.25) is 0 Å². The maximum Gasteiger partial charge on any atom is 0.403 e. The van der Waals surface area contributed by atoms with Crippen LogP contribution in [0.5, 0.6) is 0 Å². The quantitative estimate of drug-likeness (QED) is 0.468. The largest absolute Gasteiger partial charge is 1.00 e. The second-order valence-corrected chi connectivity index (χ2v) is 4.25. The summed E-state index contributed by atoms with van der Waals surface area (Å²) in [5.74, 6) is 0.494. The van der Waals surface area contributed by atoms with Crippen molar-refractivity contribution in [2.24, 2.45) is 14.1 Å². The number of aryl methyl sites for hydroxylation is 1. The molecule has 0 atom stereocenters. The van der Waals surface area contributed by atoms with Crippen LogP contribution in [-0.4, -0.2) is 19.1 Å². The van der Waals surface area contributed by atoms with Crippen LogP contribution in [0, 0.1) is 0 Å². The minimum Gasteiger partial charge on any atom is -1.00 e. The monoisotopic (exact) mass is 293 g/mol. The Kier molecular flexibility index (Phi) is 3.46. The fourth-order valence-corrected chi connectivity index (χ4v) is 1.98. The summed E-state index contributed by atoms with van der Waals surface area (Å²) < 4.78 is 4.14. The topological polar surface area (TPSA) is 76.6 Å². The minimum atomic E-state index is -0.395. The summed E-state index contributed by atoms with van der Waals surface area (Å²) in [6.07, 6.45) is 3.61. The molecule has 0 saturated carbocycles. The molecule has 0 spiro atoms. The van der Waals surface area contributed by atoms with E-state index in [1.165, 1.54) is 11.6 Å². The average molecular weight is 294 g/mol. The molecule has 1 N–H and O–H groups in total. The third-order valence-electron chi connectivity index (χ3n) is 3.04. The number of nitrogens with one attached hydrogen (secondary N) is 1. The highest BCUT2D eigenvalue weighted by Gasteiger charge is 2.20. The molecule has 7 nitrogen and oxygen atoms in total. The number of hydrogen-bond acceptors (Lipinski definition) is 3. The van der Waals surface area contributed by atoms with Crippen LogP contribution in [0.25, 0.3) is 17.1 Å². The molecule has 104 valence electrons. The standard InChI is InChI=1S/C12H11N5O2.ClH/c1-15-9-8(10(18)16(2)12(15)19)13-11(14-9)17-6-4-3-5-7-17;/h3-7H,1-2H3;1H. The van der Waals surface area contributed by atoms with Crippen LogP contribution in [0.15, 0.2) is 40.2 Å².